The van der Waals surface area contributed by atoms with Crippen molar-refractivity contribution in [3.05, 3.63) is 58.6 Å². The first kappa shape index (κ1) is 12.9. The summed E-state index contributed by atoms with van der Waals surface area (Å²) in [7, 11) is 0. The summed E-state index contributed by atoms with van der Waals surface area (Å²) in [6.45, 7) is 0.470. The van der Waals surface area contributed by atoms with Crippen LogP contribution in [0.1, 0.15) is 11.1 Å². The summed E-state index contributed by atoms with van der Waals surface area (Å²) in [5.74, 6) is 1.26. The van der Waals surface area contributed by atoms with Gasteiger partial charge in [0, 0.05) is 6.54 Å². The molecule has 0 saturated carbocycles. The van der Waals surface area contributed by atoms with E-state index in [0.29, 0.717) is 23.1 Å². The minimum Gasteiger partial charge on any atom is -0.456 e. The molecule has 0 amide bonds. The highest BCUT2D eigenvalue weighted by Gasteiger charge is 2.04. The van der Waals surface area contributed by atoms with Crippen LogP contribution < -0.4 is 10.5 Å². The van der Waals surface area contributed by atoms with Gasteiger partial charge in [-0.1, -0.05) is 29.8 Å². The average Bonchev–Trinajstić information content (AvgIpc) is 2.42. The Morgan fingerprint density at radius 3 is 2.28 bits per heavy atom. The molecule has 0 fully saturated rings. The van der Waals surface area contributed by atoms with Crippen LogP contribution in [0.15, 0.2) is 42.5 Å². The van der Waals surface area contributed by atoms with E-state index >= 15 is 0 Å². The van der Waals surface area contributed by atoms with Crippen molar-refractivity contribution >= 4 is 11.6 Å². The SMILES string of the molecule is NCc1ccc(Oc2ccc(CO)cc2)c(Cl)c1. The fraction of sp³-hybridized carbons (Fsp3) is 0.143. The monoisotopic (exact) mass is 263 g/mol. The summed E-state index contributed by atoms with van der Waals surface area (Å²) >= 11 is 6.10. The van der Waals surface area contributed by atoms with Crippen molar-refractivity contribution in [3.8, 4) is 11.5 Å². The first-order valence-electron chi connectivity index (χ1n) is 5.59. The Bertz CT molecular complexity index is 526. The third-order valence-electron chi connectivity index (χ3n) is 2.57. The molecular weight excluding hydrogens is 250 g/mol. The number of nitrogens with two attached hydrogens (primary N) is 1. The quantitative estimate of drug-likeness (QED) is 0.891. The summed E-state index contributed by atoms with van der Waals surface area (Å²) in [4.78, 5) is 0. The second kappa shape index (κ2) is 5.87. The smallest absolute Gasteiger partial charge is 0.146 e. The molecule has 2 aromatic carbocycles. The number of hydrogen-bond acceptors (Lipinski definition) is 3. The molecule has 0 aliphatic carbocycles. The number of ether oxygens (including phenoxy) is 1. The predicted octanol–water partition coefficient (Wildman–Crippen LogP) is 3.08. The first-order valence-corrected chi connectivity index (χ1v) is 5.97. The van der Waals surface area contributed by atoms with E-state index in [1.54, 1.807) is 36.4 Å². The summed E-state index contributed by atoms with van der Waals surface area (Å²) < 4.78 is 5.65. The Morgan fingerprint density at radius 2 is 1.72 bits per heavy atom. The van der Waals surface area contributed by atoms with Gasteiger partial charge in [-0.25, -0.2) is 0 Å². The van der Waals surface area contributed by atoms with Crippen molar-refractivity contribution in [2.45, 2.75) is 13.2 Å². The van der Waals surface area contributed by atoms with E-state index in [-0.39, 0.29) is 6.61 Å². The number of aliphatic hydroxyl groups is 1. The van der Waals surface area contributed by atoms with E-state index in [1.165, 1.54) is 0 Å². The molecule has 0 bridgehead atoms. The molecule has 0 aliphatic rings. The van der Waals surface area contributed by atoms with Gasteiger partial charge in [-0.15, -0.1) is 0 Å². The minimum atomic E-state index is 0.0201. The fourth-order valence-corrected chi connectivity index (χ4v) is 1.79. The van der Waals surface area contributed by atoms with Crippen LogP contribution in [0.4, 0.5) is 0 Å². The summed E-state index contributed by atoms with van der Waals surface area (Å²) in [5.41, 5.74) is 7.33. The molecule has 2 rings (SSSR count). The maximum atomic E-state index is 8.95. The second-order valence-electron chi connectivity index (χ2n) is 3.87. The first-order chi connectivity index (χ1) is 8.72. The Morgan fingerprint density at radius 1 is 1.06 bits per heavy atom. The van der Waals surface area contributed by atoms with E-state index in [9.17, 15) is 0 Å². The molecule has 3 nitrogen and oxygen atoms in total. The third-order valence-corrected chi connectivity index (χ3v) is 2.86. The van der Waals surface area contributed by atoms with Gasteiger partial charge >= 0.3 is 0 Å². The second-order valence-corrected chi connectivity index (χ2v) is 4.28. The number of rotatable bonds is 4. The lowest BCUT2D eigenvalue weighted by atomic mass is 10.2. The topological polar surface area (TPSA) is 55.5 Å². The van der Waals surface area contributed by atoms with Crippen molar-refractivity contribution < 1.29 is 9.84 Å². The van der Waals surface area contributed by atoms with Gasteiger partial charge in [-0.2, -0.15) is 0 Å². The molecule has 0 radical (unpaired) electrons. The largest absolute Gasteiger partial charge is 0.456 e. The van der Waals surface area contributed by atoms with Crippen LogP contribution in [0.25, 0.3) is 0 Å². The van der Waals surface area contributed by atoms with Gasteiger partial charge in [-0.05, 0) is 35.4 Å². The van der Waals surface area contributed by atoms with Crippen LogP contribution in [0.3, 0.4) is 0 Å². The van der Waals surface area contributed by atoms with Gasteiger partial charge in [0.15, 0.2) is 0 Å². The third kappa shape index (κ3) is 3.01. The Kier molecular flexibility index (Phi) is 4.20. The van der Waals surface area contributed by atoms with Crippen molar-refractivity contribution in [1.29, 1.82) is 0 Å². The van der Waals surface area contributed by atoms with Gasteiger partial charge < -0.3 is 15.6 Å². The van der Waals surface area contributed by atoms with Crippen molar-refractivity contribution in [2.24, 2.45) is 5.73 Å². The molecule has 0 heterocycles. The van der Waals surface area contributed by atoms with Crippen molar-refractivity contribution in [2.75, 3.05) is 0 Å². The molecular formula is C14H14ClNO2. The molecule has 0 saturated heterocycles. The molecule has 0 atom stereocenters. The average molecular weight is 264 g/mol. The number of halogens is 1. The van der Waals surface area contributed by atoms with Crippen molar-refractivity contribution in [3.63, 3.8) is 0 Å². The van der Waals surface area contributed by atoms with Gasteiger partial charge in [0.2, 0.25) is 0 Å². The molecule has 0 unspecified atom stereocenters. The Labute approximate surface area is 111 Å². The lowest BCUT2D eigenvalue weighted by Crippen LogP contribution is -1.96. The molecule has 0 aromatic heterocycles. The van der Waals surface area contributed by atoms with Crippen LogP contribution in [0.5, 0.6) is 11.5 Å². The highest BCUT2D eigenvalue weighted by molar-refractivity contribution is 6.32. The van der Waals surface area contributed by atoms with Gasteiger partial charge in [0.05, 0.1) is 11.6 Å². The molecule has 3 N–H and O–H groups in total. The number of hydrogen-bond donors (Lipinski definition) is 2. The lowest BCUT2D eigenvalue weighted by Gasteiger charge is -2.09. The Balaban J connectivity index is 2.17. The highest BCUT2D eigenvalue weighted by Crippen LogP contribution is 2.30. The van der Waals surface area contributed by atoms with Gasteiger partial charge in [0.1, 0.15) is 11.5 Å². The zero-order valence-electron chi connectivity index (χ0n) is 9.77. The van der Waals surface area contributed by atoms with Gasteiger partial charge in [0.25, 0.3) is 0 Å². The predicted molar refractivity (Wildman–Crippen MR) is 71.8 cm³/mol. The Hall–Kier alpha value is -1.55. The molecule has 94 valence electrons. The summed E-state index contributed by atoms with van der Waals surface area (Å²) in [5, 5.41) is 9.48. The molecule has 0 spiro atoms. The number of aliphatic hydroxyl groups excluding tert-OH is 1. The zero-order chi connectivity index (χ0) is 13.0. The van der Waals surface area contributed by atoms with Crippen LogP contribution in [0, 0.1) is 0 Å². The van der Waals surface area contributed by atoms with Crippen molar-refractivity contribution in [1.82, 2.24) is 0 Å². The van der Waals surface area contributed by atoms with E-state index < -0.39 is 0 Å². The zero-order valence-corrected chi connectivity index (χ0v) is 10.5. The molecule has 4 heteroatoms. The van der Waals surface area contributed by atoms with Gasteiger partial charge in [-0.3, -0.25) is 0 Å². The standard InChI is InChI=1S/C14H14ClNO2/c15-13-7-11(8-16)3-6-14(13)18-12-4-1-10(9-17)2-5-12/h1-7,17H,8-9,16H2. The summed E-state index contributed by atoms with van der Waals surface area (Å²) in [6.07, 6.45) is 0. The maximum Gasteiger partial charge on any atom is 0.146 e. The normalized spacial score (nSPS) is 10.4. The number of benzene rings is 2. The van der Waals surface area contributed by atoms with E-state index in [2.05, 4.69) is 0 Å². The summed E-state index contributed by atoms with van der Waals surface area (Å²) in [6, 6.07) is 12.7. The highest BCUT2D eigenvalue weighted by atomic mass is 35.5. The van der Waals surface area contributed by atoms with E-state index in [4.69, 9.17) is 27.2 Å². The molecule has 18 heavy (non-hydrogen) atoms. The van der Waals surface area contributed by atoms with Crippen LogP contribution in [0.2, 0.25) is 5.02 Å². The fourth-order valence-electron chi connectivity index (χ4n) is 1.54. The minimum absolute atomic E-state index is 0.0201. The lowest BCUT2D eigenvalue weighted by molar-refractivity contribution is 0.281. The van der Waals surface area contributed by atoms with Crippen LogP contribution in [-0.2, 0) is 13.2 Å². The van der Waals surface area contributed by atoms with E-state index in [0.717, 1.165) is 11.1 Å². The molecule has 0 aliphatic heterocycles. The maximum absolute atomic E-state index is 8.95. The van der Waals surface area contributed by atoms with Crippen LogP contribution in [-0.4, -0.2) is 5.11 Å². The van der Waals surface area contributed by atoms with E-state index in [1.807, 2.05) is 6.07 Å². The van der Waals surface area contributed by atoms with Crippen LogP contribution >= 0.6 is 11.6 Å². The molecule has 2 aromatic rings.